The van der Waals surface area contributed by atoms with Crippen LogP contribution in [0.15, 0.2) is 12.1 Å². The Hall–Kier alpha value is -1.91. The Kier molecular flexibility index (Phi) is 3.32. The van der Waals surface area contributed by atoms with Crippen molar-refractivity contribution in [2.75, 3.05) is 5.73 Å². The Bertz CT molecular complexity index is 652. The molecule has 0 unspecified atom stereocenters. The molecule has 2 aromatic rings. The quantitative estimate of drug-likeness (QED) is 0.688. The summed E-state index contributed by atoms with van der Waals surface area (Å²) < 4.78 is 0. The molecule has 0 saturated carbocycles. The molecule has 0 aliphatic carbocycles. The van der Waals surface area contributed by atoms with Gasteiger partial charge in [0.1, 0.15) is 10.9 Å². The SMILES string of the molecule is CCc1c(-c2ccc([N+](=O)[O-])s2)sc(C#N)c1N. The van der Waals surface area contributed by atoms with E-state index in [1.54, 1.807) is 6.07 Å². The van der Waals surface area contributed by atoms with E-state index >= 15 is 0 Å². The predicted octanol–water partition coefficient (Wildman–Crippen LogP) is 3.40. The number of nitro groups is 1. The molecule has 0 bridgehead atoms. The minimum Gasteiger partial charge on any atom is -0.397 e. The van der Waals surface area contributed by atoms with E-state index in [1.165, 1.54) is 17.4 Å². The first-order chi connectivity index (χ1) is 8.58. The molecule has 7 heteroatoms. The highest BCUT2D eigenvalue weighted by Gasteiger charge is 2.19. The Morgan fingerprint density at radius 3 is 2.72 bits per heavy atom. The molecule has 0 atom stereocenters. The molecule has 0 fully saturated rings. The van der Waals surface area contributed by atoms with E-state index in [9.17, 15) is 10.1 Å². The van der Waals surface area contributed by atoms with Gasteiger partial charge in [0.2, 0.25) is 0 Å². The minimum atomic E-state index is -0.415. The van der Waals surface area contributed by atoms with Crippen molar-refractivity contribution in [1.29, 1.82) is 5.26 Å². The van der Waals surface area contributed by atoms with Crippen LogP contribution in [-0.4, -0.2) is 4.92 Å². The zero-order valence-electron chi connectivity index (χ0n) is 9.47. The monoisotopic (exact) mass is 279 g/mol. The number of hydrogen-bond acceptors (Lipinski definition) is 6. The Balaban J connectivity index is 2.56. The molecule has 2 aromatic heterocycles. The largest absolute Gasteiger partial charge is 0.397 e. The summed E-state index contributed by atoms with van der Waals surface area (Å²) in [5.74, 6) is 0. The fourth-order valence-electron chi connectivity index (χ4n) is 1.66. The van der Waals surface area contributed by atoms with Crippen molar-refractivity contribution in [2.24, 2.45) is 0 Å². The number of hydrogen-bond donors (Lipinski definition) is 1. The molecule has 0 aromatic carbocycles. The second-order valence-electron chi connectivity index (χ2n) is 3.51. The fraction of sp³-hybridized carbons (Fsp3) is 0.182. The van der Waals surface area contributed by atoms with Gasteiger partial charge < -0.3 is 5.73 Å². The van der Waals surface area contributed by atoms with E-state index in [1.807, 2.05) is 6.92 Å². The van der Waals surface area contributed by atoms with E-state index < -0.39 is 4.92 Å². The van der Waals surface area contributed by atoms with Crippen LogP contribution in [0.1, 0.15) is 17.4 Å². The van der Waals surface area contributed by atoms with Gasteiger partial charge in [0.05, 0.1) is 20.4 Å². The second-order valence-corrected chi connectivity index (χ2v) is 5.60. The number of nitrogen functional groups attached to an aromatic ring is 1. The van der Waals surface area contributed by atoms with Crippen LogP contribution >= 0.6 is 22.7 Å². The van der Waals surface area contributed by atoms with Gasteiger partial charge in [-0.2, -0.15) is 5.26 Å². The summed E-state index contributed by atoms with van der Waals surface area (Å²) in [6, 6.07) is 5.23. The molecule has 0 amide bonds. The van der Waals surface area contributed by atoms with Crippen LogP contribution in [0.5, 0.6) is 0 Å². The lowest BCUT2D eigenvalue weighted by Gasteiger charge is -1.98. The van der Waals surface area contributed by atoms with Gasteiger partial charge >= 0.3 is 5.00 Å². The molecule has 0 saturated heterocycles. The number of thiophene rings is 2. The van der Waals surface area contributed by atoms with Crippen molar-refractivity contribution in [3.63, 3.8) is 0 Å². The highest BCUT2D eigenvalue weighted by Crippen LogP contribution is 2.42. The zero-order chi connectivity index (χ0) is 13.3. The van der Waals surface area contributed by atoms with E-state index in [0.717, 1.165) is 26.7 Å². The molecule has 2 heterocycles. The van der Waals surface area contributed by atoms with Gasteiger partial charge in [-0.25, -0.2) is 0 Å². The third kappa shape index (κ3) is 1.96. The normalized spacial score (nSPS) is 10.2. The van der Waals surface area contributed by atoms with Crippen molar-refractivity contribution in [3.8, 4) is 15.8 Å². The van der Waals surface area contributed by atoms with Crippen LogP contribution in [0, 0.1) is 21.4 Å². The van der Waals surface area contributed by atoms with Crippen molar-refractivity contribution in [1.82, 2.24) is 0 Å². The third-order valence-corrected chi connectivity index (χ3v) is 4.87. The van der Waals surface area contributed by atoms with Crippen LogP contribution in [0.2, 0.25) is 0 Å². The van der Waals surface area contributed by atoms with Crippen molar-refractivity contribution < 1.29 is 4.92 Å². The van der Waals surface area contributed by atoms with Gasteiger partial charge in [0.15, 0.2) is 0 Å². The Labute approximate surface area is 111 Å². The first kappa shape index (κ1) is 12.5. The summed E-state index contributed by atoms with van der Waals surface area (Å²) in [7, 11) is 0. The van der Waals surface area contributed by atoms with Crippen LogP contribution in [0.25, 0.3) is 9.75 Å². The summed E-state index contributed by atoms with van der Waals surface area (Å²) in [5.41, 5.74) is 7.28. The van der Waals surface area contributed by atoms with Gasteiger partial charge in [0.25, 0.3) is 0 Å². The molecule has 2 N–H and O–H groups in total. The lowest BCUT2D eigenvalue weighted by molar-refractivity contribution is -0.380. The highest BCUT2D eigenvalue weighted by atomic mass is 32.1. The topological polar surface area (TPSA) is 93.0 Å². The van der Waals surface area contributed by atoms with E-state index in [2.05, 4.69) is 6.07 Å². The molecule has 92 valence electrons. The number of rotatable bonds is 3. The fourth-order valence-corrected chi connectivity index (χ4v) is 3.73. The lowest BCUT2D eigenvalue weighted by atomic mass is 10.1. The first-order valence-electron chi connectivity index (χ1n) is 5.14. The van der Waals surface area contributed by atoms with Gasteiger partial charge in [-0.05, 0) is 18.1 Å². The van der Waals surface area contributed by atoms with Crippen LogP contribution in [-0.2, 0) is 6.42 Å². The average molecular weight is 279 g/mol. The summed E-state index contributed by atoms with van der Waals surface area (Å²) in [4.78, 5) is 12.4. The first-order valence-corrected chi connectivity index (χ1v) is 6.77. The van der Waals surface area contributed by atoms with Crippen molar-refractivity contribution in [2.45, 2.75) is 13.3 Å². The molecule has 5 nitrogen and oxygen atoms in total. The molecular weight excluding hydrogens is 270 g/mol. The average Bonchev–Trinajstić information content (AvgIpc) is 2.93. The van der Waals surface area contributed by atoms with Gasteiger partial charge in [0, 0.05) is 6.07 Å². The summed E-state index contributed by atoms with van der Waals surface area (Å²) in [5, 5.41) is 19.7. The second kappa shape index (κ2) is 4.76. The maximum absolute atomic E-state index is 10.7. The predicted molar refractivity (Wildman–Crippen MR) is 72.8 cm³/mol. The molecule has 0 aliphatic rings. The van der Waals surface area contributed by atoms with Gasteiger partial charge in [-0.15, -0.1) is 11.3 Å². The molecule has 0 aliphatic heterocycles. The maximum Gasteiger partial charge on any atom is 0.324 e. The smallest absolute Gasteiger partial charge is 0.324 e. The number of anilines is 1. The number of nitrogens with two attached hydrogens (primary N) is 1. The number of nitriles is 1. The zero-order valence-corrected chi connectivity index (χ0v) is 11.1. The molecule has 2 rings (SSSR count). The van der Waals surface area contributed by atoms with E-state index in [4.69, 9.17) is 11.0 Å². The van der Waals surface area contributed by atoms with Gasteiger partial charge in [-0.3, -0.25) is 10.1 Å². The lowest BCUT2D eigenvalue weighted by Crippen LogP contribution is -1.90. The summed E-state index contributed by atoms with van der Waals surface area (Å²) >= 11 is 2.39. The Morgan fingerprint density at radius 2 is 2.22 bits per heavy atom. The van der Waals surface area contributed by atoms with Crippen LogP contribution in [0.4, 0.5) is 10.7 Å². The van der Waals surface area contributed by atoms with Crippen molar-refractivity contribution in [3.05, 3.63) is 32.7 Å². The molecule has 0 spiro atoms. The van der Waals surface area contributed by atoms with Crippen LogP contribution < -0.4 is 5.73 Å². The third-order valence-electron chi connectivity index (χ3n) is 2.50. The minimum absolute atomic E-state index is 0.0949. The van der Waals surface area contributed by atoms with E-state index in [-0.39, 0.29) is 5.00 Å². The highest BCUT2D eigenvalue weighted by molar-refractivity contribution is 7.24. The van der Waals surface area contributed by atoms with Gasteiger partial charge in [-0.1, -0.05) is 18.3 Å². The molecular formula is C11H9N3O2S2. The standard InChI is InChI=1S/C11H9N3O2S2/c1-2-6-10(13)8(5-12)18-11(6)7-3-4-9(17-7)14(15)16/h3-4H,2,13H2,1H3. The maximum atomic E-state index is 10.7. The summed E-state index contributed by atoms with van der Waals surface area (Å²) in [6.45, 7) is 1.95. The van der Waals surface area contributed by atoms with E-state index in [0.29, 0.717) is 17.0 Å². The number of nitrogens with zero attached hydrogens (tertiary/aromatic N) is 2. The molecule has 18 heavy (non-hydrogen) atoms. The summed E-state index contributed by atoms with van der Waals surface area (Å²) in [6.07, 6.45) is 0.699. The van der Waals surface area contributed by atoms with Crippen LogP contribution in [0.3, 0.4) is 0 Å². The Morgan fingerprint density at radius 1 is 1.50 bits per heavy atom. The molecule has 0 radical (unpaired) electrons. The van der Waals surface area contributed by atoms with Crippen molar-refractivity contribution >= 4 is 33.4 Å².